The van der Waals surface area contributed by atoms with Crippen LogP contribution in [0.3, 0.4) is 0 Å². The number of hydrogen-bond donors (Lipinski definition) is 2. The normalized spacial score (nSPS) is 11.9. The van der Waals surface area contributed by atoms with Crippen molar-refractivity contribution < 1.29 is 4.74 Å². The monoisotopic (exact) mass is 273 g/mol. The van der Waals surface area contributed by atoms with Gasteiger partial charge in [0.15, 0.2) is 0 Å². The van der Waals surface area contributed by atoms with Gasteiger partial charge in [0.2, 0.25) is 5.95 Å². The third-order valence-electron chi connectivity index (χ3n) is 3.12. The molecule has 5 nitrogen and oxygen atoms in total. The Labute approximate surface area is 118 Å². The van der Waals surface area contributed by atoms with E-state index in [-0.39, 0.29) is 11.6 Å². The molecule has 1 aromatic heterocycles. The molecule has 0 aliphatic rings. The molecule has 0 fully saturated rings. The van der Waals surface area contributed by atoms with E-state index in [0.717, 1.165) is 17.7 Å². The molecule has 0 saturated carbocycles. The summed E-state index contributed by atoms with van der Waals surface area (Å²) in [7, 11) is 1.62. The molecule has 1 unspecified atom stereocenters. The summed E-state index contributed by atoms with van der Waals surface area (Å²) < 4.78 is 5.12. The van der Waals surface area contributed by atoms with Gasteiger partial charge in [0, 0.05) is 17.7 Å². The molecular weight excluding hydrogens is 254 g/mol. The summed E-state index contributed by atoms with van der Waals surface area (Å²) in [4.78, 5) is 18.9. The summed E-state index contributed by atoms with van der Waals surface area (Å²) in [6.07, 6.45) is 0.955. The van der Waals surface area contributed by atoms with Crippen molar-refractivity contribution in [2.24, 2.45) is 0 Å². The van der Waals surface area contributed by atoms with Gasteiger partial charge in [-0.15, -0.1) is 0 Å². The first-order valence-electron chi connectivity index (χ1n) is 6.64. The maximum Gasteiger partial charge on any atom is 0.252 e. The third-order valence-corrected chi connectivity index (χ3v) is 3.12. The number of anilines is 1. The average Bonchev–Trinajstić information content (AvgIpc) is 2.46. The molecule has 0 bridgehead atoms. The lowest BCUT2D eigenvalue weighted by Gasteiger charge is -2.12. The summed E-state index contributed by atoms with van der Waals surface area (Å²) in [6.45, 7) is 4.11. The van der Waals surface area contributed by atoms with Crippen molar-refractivity contribution in [3.8, 4) is 17.0 Å². The molecule has 0 saturated heterocycles. The second kappa shape index (κ2) is 6.23. The zero-order chi connectivity index (χ0) is 14.5. The summed E-state index contributed by atoms with van der Waals surface area (Å²) in [5.74, 6) is 1.27. The summed E-state index contributed by atoms with van der Waals surface area (Å²) in [5.41, 5.74) is 1.35. The van der Waals surface area contributed by atoms with Gasteiger partial charge in [0.1, 0.15) is 5.75 Å². The van der Waals surface area contributed by atoms with E-state index >= 15 is 0 Å². The minimum Gasteiger partial charge on any atom is -0.497 e. The predicted octanol–water partition coefficient (Wildman–Crippen LogP) is 2.66. The quantitative estimate of drug-likeness (QED) is 0.879. The Kier molecular flexibility index (Phi) is 4.40. The molecule has 1 aromatic carbocycles. The highest BCUT2D eigenvalue weighted by Gasteiger charge is 2.06. The van der Waals surface area contributed by atoms with Crippen molar-refractivity contribution in [2.45, 2.75) is 26.3 Å². The Morgan fingerprint density at radius 3 is 2.65 bits per heavy atom. The molecule has 0 amide bonds. The average molecular weight is 273 g/mol. The first-order valence-corrected chi connectivity index (χ1v) is 6.64. The summed E-state index contributed by atoms with van der Waals surface area (Å²) in [5, 5.41) is 3.17. The number of ether oxygens (including phenoxy) is 1. The lowest BCUT2D eigenvalue weighted by atomic mass is 10.1. The zero-order valence-corrected chi connectivity index (χ0v) is 11.9. The lowest BCUT2D eigenvalue weighted by molar-refractivity contribution is 0.415. The van der Waals surface area contributed by atoms with Crippen LogP contribution in [0.4, 0.5) is 5.95 Å². The van der Waals surface area contributed by atoms with Crippen molar-refractivity contribution in [3.63, 3.8) is 0 Å². The van der Waals surface area contributed by atoms with E-state index < -0.39 is 0 Å². The standard InChI is InChI=1S/C15H19N3O2/c1-4-10(2)16-15-17-13(9-14(19)18-15)11-5-7-12(20-3)8-6-11/h5-10H,4H2,1-3H3,(H2,16,17,18,19). The highest BCUT2D eigenvalue weighted by molar-refractivity contribution is 5.60. The van der Waals surface area contributed by atoms with Gasteiger partial charge in [-0.05, 0) is 37.6 Å². The van der Waals surface area contributed by atoms with E-state index in [1.807, 2.05) is 31.2 Å². The molecule has 106 valence electrons. The van der Waals surface area contributed by atoms with Crippen molar-refractivity contribution in [1.82, 2.24) is 9.97 Å². The molecule has 1 heterocycles. The van der Waals surface area contributed by atoms with Crippen LogP contribution < -0.4 is 15.6 Å². The number of nitrogens with zero attached hydrogens (tertiary/aromatic N) is 1. The summed E-state index contributed by atoms with van der Waals surface area (Å²) in [6, 6.07) is 9.20. The SMILES string of the molecule is CCC(C)Nc1nc(-c2ccc(OC)cc2)cc(=O)[nH]1. The molecular formula is C15H19N3O2. The van der Waals surface area contributed by atoms with Gasteiger partial charge in [0.25, 0.3) is 5.56 Å². The topological polar surface area (TPSA) is 67.0 Å². The maximum atomic E-state index is 11.7. The van der Waals surface area contributed by atoms with Crippen LogP contribution in [0, 0.1) is 0 Å². The molecule has 0 radical (unpaired) electrons. The van der Waals surface area contributed by atoms with Crippen LogP contribution in [-0.4, -0.2) is 23.1 Å². The van der Waals surface area contributed by atoms with Crippen molar-refractivity contribution in [2.75, 3.05) is 12.4 Å². The number of nitrogens with one attached hydrogen (secondary N) is 2. The van der Waals surface area contributed by atoms with E-state index in [9.17, 15) is 4.79 Å². The fourth-order valence-corrected chi connectivity index (χ4v) is 1.77. The maximum absolute atomic E-state index is 11.7. The zero-order valence-electron chi connectivity index (χ0n) is 11.9. The van der Waals surface area contributed by atoms with E-state index in [1.165, 1.54) is 6.07 Å². The molecule has 2 N–H and O–H groups in total. The van der Waals surface area contributed by atoms with Crippen molar-refractivity contribution in [1.29, 1.82) is 0 Å². The Balaban J connectivity index is 2.33. The van der Waals surface area contributed by atoms with Crippen LogP contribution >= 0.6 is 0 Å². The molecule has 0 spiro atoms. The first-order chi connectivity index (χ1) is 9.62. The van der Waals surface area contributed by atoms with Gasteiger partial charge < -0.3 is 10.1 Å². The van der Waals surface area contributed by atoms with Gasteiger partial charge >= 0.3 is 0 Å². The van der Waals surface area contributed by atoms with Crippen LogP contribution in [0.15, 0.2) is 35.1 Å². The fourth-order valence-electron chi connectivity index (χ4n) is 1.77. The van der Waals surface area contributed by atoms with Gasteiger partial charge in [-0.3, -0.25) is 9.78 Å². The lowest BCUT2D eigenvalue weighted by Crippen LogP contribution is -2.19. The highest BCUT2D eigenvalue weighted by Crippen LogP contribution is 2.20. The minimum atomic E-state index is -0.170. The minimum absolute atomic E-state index is 0.170. The number of hydrogen-bond acceptors (Lipinski definition) is 4. The van der Waals surface area contributed by atoms with Crippen LogP contribution in [-0.2, 0) is 0 Å². The van der Waals surface area contributed by atoms with Crippen LogP contribution in [0.2, 0.25) is 0 Å². The molecule has 2 aromatic rings. The number of methoxy groups -OCH3 is 1. The number of rotatable bonds is 5. The van der Waals surface area contributed by atoms with E-state index in [2.05, 4.69) is 22.2 Å². The molecule has 0 aliphatic heterocycles. The molecule has 5 heteroatoms. The van der Waals surface area contributed by atoms with E-state index in [1.54, 1.807) is 7.11 Å². The van der Waals surface area contributed by atoms with Gasteiger partial charge in [-0.1, -0.05) is 6.92 Å². The van der Waals surface area contributed by atoms with Crippen LogP contribution in [0.5, 0.6) is 5.75 Å². The second-order valence-corrected chi connectivity index (χ2v) is 4.66. The molecule has 0 aliphatic carbocycles. The number of benzene rings is 1. The molecule has 2 rings (SSSR count). The van der Waals surface area contributed by atoms with Gasteiger partial charge in [-0.25, -0.2) is 4.98 Å². The van der Waals surface area contributed by atoms with Gasteiger partial charge in [-0.2, -0.15) is 0 Å². The second-order valence-electron chi connectivity index (χ2n) is 4.66. The Hall–Kier alpha value is -2.30. The van der Waals surface area contributed by atoms with Gasteiger partial charge in [0.05, 0.1) is 12.8 Å². The Bertz CT molecular complexity index is 620. The highest BCUT2D eigenvalue weighted by atomic mass is 16.5. The third kappa shape index (κ3) is 3.38. The first kappa shape index (κ1) is 14.1. The van der Waals surface area contributed by atoms with Crippen molar-refractivity contribution in [3.05, 3.63) is 40.7 Å². The predicted molar refractivity (Wildman–Crippen MR) is 80.2 cm³/mol. The largest absolute Gasteiger partial charge is 0.497 e. The fraction of sp³-hybridized carbons (Fsp3) is 0.333. The van der Waals surface area contributed by atoms with Crippen LogP contribution in [0.1, 0.15) is 20.3 Å². The van der Waals surface area contributed by atoms with Crippen molar-refractivity contribution >= 4 is 5.95 Å². The molecule has 1 atom stereocenters. The Morgan fingerprint density at radius 2 is 2.05 bits per heavy atom. The number of H-pyrrole nitrogens is 1. The van der Waals surface area contributed by atoms with Crippen LogP contribution in [0.25, 0.3) is 11.3 Å². The van der Waals surface area contributed by atoms with E-state index in [0.29, 0.717) is 11.6 Å². The number of aromatic amines is 1. The smallest absolute Gasteiger partial charge is 0.252 e. The summed E-state index contributed by atoms with van der Waals surface area (Å²) >= 11 is 0. The van der Waals surface area contributed by atoms with E-state index in [4.69, 9.17) is 4.74 Å². The number of aromatic nitrogens is 2. The Morgan fingerprint density at radius 1 is 1.35 bits per heavy atom. The molecule has 20 heavy (non-hydrogen) atoms.